The Kier molecular flexibility index (Phi) is 6.47. The quantitative estimate of drug-likeness (QED) is 0.828. The van der Waals surface area contributed by atoms with Gasteiger partial charge in [-0.1, -0.05) is 30.3 Å². The van der Waals surface area contributed by atoms with Crippen LogP contribution >= 0.6 is 0 Å². The van der Waals surface area contributed by atoms with Crippen LogP contribution in [0, 0.1) is 0 Å². The molecular formula is C23H28N2O3. The Labute approximate surface area is 166 Å². The van der Waals surface area contributed by atoms with Crippen LogP contribution in [0.4, 0.5) is 5.69 Å². The van der Waals surface area contributed by atoms with Gasteiger partial charge in [0.1, 0.15) is 0 Å². The number of nitrogens with zero attached hydrogens (tertiary/aromatic N) is 1. The molecule has 0 unspecified atom stereocenters. The molecule has 3 rings (SSSR count). The lowest BCUT2D eigenvalue weighted by atomic mass is 9.73. The van der Waals surface area contributed by atoms with Crippen LogP contribution in [-0.4, -0.2) is 43.0 Å². The van der Waals surface area contributed by atoms with E-state index in [1.807, 2.05) is 44.2 Å². The predicted octanol–water partition coefficient (Wildman–Crippen LogP) is 3.86. The Morgan fingerprint density at radius 3 is 2.14 bits per heavy atom. The van der Waals surface area contributed by atoms with Gasteiger partial charge in [0.25, 0.3) is 5.91 Å². The molecule has 2 aromatic rings. The molecule has 0 radical (unpaired) electrons. The summed E-state index contributed by atoms with van der Waals surface area (Å²) in [6.45, 7) is 6.42. The van der Waals surface area contributed by atoms with Crippen molar-refractivity contribution in [3.8, 4) is 0 Å². The monoisotopic (exact) mass is 380 g/mol. The van der Waals surface area contributed by atoms with Crippen LogP contribution in [0.25, 0.3) is 0 Å². The third-order valence-corrected chi connectivity index (χ3v) is 5.55. The number of hydrogen-bond donors (Lipinski definition) is 1. The van der Waals surface area contributed by atoms with Gasteiger partial charge in [0.15, 0.2) is 0 Å². The molecule has 1 aliphatic rings. The molecule has 1 fully saturated rings. The molecule has 0 saturated carbocycles. The third kappa shape index (κ3) is 4.09. The topological polar surface area (TPSA) is 58.6 Å². The fourth-order valence-corrected chi connectivity index (χ4v) is 3.76. The van der Waals surface area contributed by atoms with E-state index in [0.29, 0.717) is 50.4 Å². The number of carbonyl (C=O) groups is 2. The zero-order valence-electron chi connectivity index (χ0n) is 16.6. The molecule has 1 N–H and O–H groups in total. The fraction of sp³-hybridized carbons (Fsp3) is 0.391. The van der Waals surface area contributed by atoms with Crippen molar-refractivity contribution in [2.75, 3.05) is 31.6 Å². The molecule has 2 amide bonds. The first kappa shape index (κ1) is 20.1. The van der Waals surface area contributed by atoms with Gasteiger partial charge >= 0.3 is 0 Å². The van der Waals surface area contributed by atoms with Gasteiger partial charge in [-0.05, 0) is 56.5 Å². The minimum Gasteiger partial charge on any atom is -0.381 e. The second-order valence-electron chi connectivity index (χ2n) is 7.07. The van der Waals surface area contributed by atoms with E-state index in [4.69, 9.17) is 4.74 Å². The van der Waals surface area contributed by atoms with E-state index in [2.05, 4.69) is 5.32 Å². The van der Waals surface area contributed by atoms with Crippen molar-refractivity contribution in [1.29, 1.82) is 0 Å². The van der Waals surface area contributed by atoms with Gasteiger partial charge < -0.3 is 15.0 Å². The molecule has 5 nitrogen and oxygen atoms in total. The number of carbonyl (C=O) groups excluding carboxylic acids is 2. The van der Waals surface area contributed by atoms with E-state index in [9.17, 15) is 9.59 Å². The van der Waals surface area contributed by atoms with Crippen LogP contribution in [0.5, 0.6) is 0 Å². The second-order valence-corrected chi connectivity index (χ2v) is 7.07. The minimum atomic E-state index is -0.588. The summed E-state index contributed by atoms with van der Waals surface area (Å²) in [6, 6.07) is 17.1. The summed E-state index contributed by atoms with van der Waals surface area (Å²) in [4.78, 5) is 27.5. The van der Waals surface area contributed by atoms with Crippen molar-refractivity contribution in [2.24, 2.45) is 0 Å². The van der Waals surface area contributed by atoms with E-state index in [0.717, 1.165) is 5.56 Å². The van der Waals surface area contributed by atoms with Crippen molar-refractivity contribution in [2.45, 2.75) is 32.1 Å². The summed E-state index contributed by atoms with van der Waals surface area (Å²) >= 11 is 0. The minimum absolute atomic E-state index is 0.00746. The normalized spacial score (nSPS) is 15.6. The Morgan fingerprint density at radius 1 is 0.964 bits per heavy atom. The summed E-state index contributed by atoms with van der Waals surface area (Å²) in [6.07, 6.45) is 1.31. The lowest BCUT2D eigenvalue weighted by molar-refractivity contribution is -0.125. The van der Waals surface area contributed by atoms with E-state index in [1.165, 1.54) is 0 Å². The maximum Gasteiger partial charge on any atom is 0.253 e. The highest BCUT2D eigenvalue weighted by molar-refractivity contribution is 6.00. The average Bonchev–Trinajstić information content (AvgIpc) is 2.76. The first-order chi connectivity index (χ1) is 13.6. The van der Waals surface area contributed by atoms with Crippen molar-refractivity contribution in [1.82, 2.24) is 4.90 Å². The van der Waals surface area contributed by atoms with Crippen LogP contribution in [0.1, 0.15) is 42.6 Å². The lowest BCUT2D eigenvalue weighted by Crippen LogP contribution is -2.44. The highest BCUT2D eigenvalue weighted by Crippen LogP contribution is 2.36. The predicted molar refractivity (Wildman–Crippen MR) is 110 cm³/mol. The van der Waals surface area contributed by atoms with Crippen molar-refractivity contribution in [3.05, 3.63) is 65.7 Å². The standard InChI is InChI=1S/C23H28N2O3/c1-3-25(4-2)21(26)18-10-12-20(13-11-18)24-22(27)23(14-16-28-17-15-23)19-8-6-5-7-9-19/h5-13H,3-4,14-17H2,1-2H3,(H,24,27). The van der Waals surface area contributed by atoms with Crippen LogP contribution in [-0.2, 0) is 14.9 Å². The van der Waals surface area contributed by atoms with Crippen LogP contribution in [0.3, 0.4) is 0 Å². The number of rotatable bonds is 6. The highest BCUT2D eigenvalue weighted by Gasteiger charge is 2.41. The molecule has 1 saturated heterocycles. The van der Waals surface area contributed by atoms with Gasteiger partial charge in [-0.3, -0.25) is 9.59 Å². The average molecular weight is 380 g/mol. The van der Waals surface area contributed by atoms with Crippen LogP contribution < -0.4 is 5.32 Å². The summed E-state index contributed by atoms with van der Waals surface area (Å²) in [5.41, 5.74) is 1.76. The number of hydrogen-bond acceptors (Lipinski definition) is 3. The smallest absolute Gasteiger partial charge is 0.253 e. The van der Waals surface area contributed by atoms with Gasteiger partial charge in [-0.15, -0.1) is 0 Å². The molecule has 0 atom stereocenters. The molecule has 0 aliphatic carbocycles. The molecule has 1 aliphatic heterocycles. The van der Waals surface area contributed by atoms with Crippen molar-refractivity contribution < 1.29 is 14.3 Å². The first-order valence-corrected chi connectivity index (χ1v) is 9.95. The number of amides is 2. The van der Waals surface area contributed by atoms with Gasteiger partial charge in [-0.2, -0.15) is 0 Å². The number of nitrogens with one attached hydrogen (secondary N) is 1. The molecular weight excluding hydrogens is 352 g/mol. The first-order valence-electron chi connectivity index (χ1n) is 9.95. The van der Waals surface area contributed by atoms with Gasteiger partial charge in [-0.25, -0.2) is 0 Å². The van der Waals surface area contributed by atoms with E-state index in [1.54, 1.807) is 29.2 Å². The summed E-state index contributed by atoms with van der Waals surface area (Å²) in [7, 11) is 0. The molecule has 1 heterocycles. The van der Waals surface area contributed by atoms with E-state index >= 15 is 0 Å². The maximum absolute atomic E-state index is 13.3. The zero-order chi connectivity index (χ0) is 20.0. The largest absolute Gasteiger partial charge is 0.381 e. The van der Waals surface area contributed by atoms with Crippen LogP contribution in [0.2, 0.25) is 0 Å². The Morgan fingerprint density at radius 2 is 1.57 bits per heavy atom. The summed E-state index contributed by atoms with van der Waals surface area (Å²) in [5, 5.41) is 3.05. The van der Waals surface area contributed by atoms with Gasteiger partial charge in [0.2, 0.25) is 5.91 Å². The maximum atomic E-state index is 13.3. The van der Waals surface area contributed by atoms with Gasteiger partial charge in [0.05, 0.1) is 5.41 Å². The molecule has 0 spiro atoms. The van der Waals surface area contributed by atoms with E-state index < -0.39 is 5.41 Å². The Hall–Kier alpha value is -2.66. The van der Waals surface area contributed by atoms with Crippen molar-refractivity contribution in [3.63, 3.8) is 0 Å². The SMILES string of the molecule is CCN(CC)C(=O)c1ccc(NC(=O)C2(c3ccccc3)CCOCC2)cc1. The van der Waals surface area contributed by atoms with Crippen molar-refractivity contribution >= 4 is 17.5 Å². The zero-order valence-corrected chi connectivity index (χ0v) is 16.6. The molecule has 0 bridgehead atoms. The molecule has 28 heavy (non-hydrogen) atoms. The summed E-state index contributed by atoms with van der Waals surface area (Å²) in [5.74, 6) is -0.0159. The third-order valence-electron chi connectivity index (χ3n) is 5.55. The number of benzene rings is 2. The molecule has 5 heteroatoms. The molecule has 2 aromatic carbocycles. The Bertz CT molecular complexity index is 792. The van der Waals surface area contributed by atoms with E-state index in [-0.39, 0.29) is 11.8 Å². The molecule has 0 aromatic heterocycles. The number of ether oxygens (including phenoxy) is 1. The highest BCUT2D eigenvalue weighted by atomic mass is 16.5. The second kappa shape index (κ2) is 9.02. The fourth-order valence-electron chi connectivity index (χ4n) is 3.76. The molecule has 148 valence electrons. The van der Waals surface area contributed by atoms with Crippen LogP contribution in [0.15, 0.2) is 54.6 Å². The van der Waals surface area contributed by atoms with Gasteiger partial charge in [0, 0.05) is 37.6 Å². The lowest BCUT2D eigenvalue weighted by Gasteiger charge is -2.36. The number of anilines is 1. The summed E-state index contributed by atoms with van der Waals surface area (Å²) < 4.78 is 5.51. The Balaban J connectivity index is 1.78.